The molecule has 30 heavy (non-hydrogen) atoms. The van der Waals surface area contributed by atoms with Crippen LogP contribution in [0.2, 0.25) is 0 Å². The van der Waals surface area contributed by atoms with Crippen molar-refractivity contribution < 1.29 is 30.8 Å². The van der Waals surface area contributed by atoms with Gasteiger partial charge in [-0.1, -0.05) is 6.07 Å². The molecule has 1 aliphatic heterocycles. The number of nitrogens with one attached hydrogen (secondary N) is 1. The average molecular weight is 444 g/mol. The summed E-state index contributed by atoms with van der Waals surface area (Å²) in [6, 6.07) is 4.57. The highest BCUT2D eigenvalue weighted by atomic mass is 32.2. The second-order valence-electron chi connectivity index (χ2n) is 7.15. The maximum absolute atomic E-state index is 13.9. The summed E-state index contributed by atoms with van der Waals surface area (Å²) in [5, 5.41) is 2.65. The molecule has 1 aliphatic rings. The molecule has 0 bridgehead atoms. The van der Waals surface area contributed by atoms with Gasteiger partial charge in [-0.2, -0.15) is 4.31 Å². The quantitative estimate of drug-likeness (QED) is 0.718. The minimum absolute atomic E-state index is 0.0460. The minimum Gasteiger partial charge on any atom is -0.349 e. The van der Waals surface area contributed by atoms with E-state index in [4.69, 9.17) is 0 Å². The summed E-state index contributed by atoms with van der Waals surface area (Å²) in [7, 11) is -4.24. The summed E-state index contributed by atoms with van der Waals surface area (Å²) in [5.41, 5.74) is 0.131. The van der Waals surface area contributed by atoms with Crippen LogP contribution in [0.1, 0.15) is 31.4 Å². The van der Waals surface area contributed by atoms with Crippen molar-refractivity contribution >= 4 is 15.9 Å². The van der Waals surface area contributed by atoms with E-state index >= 15 is 0 Å². The second kappa shape index (κ2) is 8.73. The summed E-state index contributed by atoms with van der Waals surface area (Å²) in [6.07, 6.45) is 0.335. The Morgan fingerprint density at radius 3 is 2.23 bits per heavy atom. The van der Waals surface area contributed by atoms with Crippen LogP contribution in [0.15, 0.2) is 41.3 Å². The first-order valence-corrected chi connectivity index (χ1v) is 10.7. The lowest BCUT2D eigenvalue weighted by Crippen LogP contribution is -2.43. The lowest BCUT2D eigenvalue weighted by atomic mass is 9.96. The van der Waals surface area contributed by atoms with Gasteiger partial charge in [0.05, 0.1) is 6.04 Å². The third kappa shape index (κ3) is 4.65. The first kappa shape index (κ1) is 22.2. The molecule has 1 fully saturated rings. The molecule has 1 atom stereocenters. The molecular formula is C20H20F4N2O3S. The standard InChI is InChI=1S/C20H20F4N2O3S/c1-12(16-4-2-14(21)10-18(16)24)25-20(27)13-6-8-26(9-7-13)30(28,29)19-11-15(22)3-5-17(19)23/h2-5,10-13H,6-9H2,1H3,(H,25,27). The van der Waals surface area contributed by atoms with E-state index in [0.717, 1.165) is 28.6 Å². The summed E-state index contributed by atoms with van der Waals surface area (Å²) in [5.74, 6) is -4.34. The van der Waals surface area contributed by atoms with Crippen LogP contribution in [-0.4, -0.2) is 31.7 Å². The van der Waals surface area contributed by atoms with Crippen LogP contribution in [0, 0.1) is 29.2 Å². The minimum atomic E-state index is -4.24. The van der Waals surface area contributed by atoms with Gasteiger partial charge in [-0.15, -0.1) is 0 Å². The summed E-state index contributed by atoms with van der Waals surface area (Å²) < 4.78 is 80.4. The third-order valence-electron chi connectivity index (χ3n) is 5.12. The first-order chi connectivity index (χ1) is 14.1. The number of sulfonamides is 1. The van der Waals surface area contributed by atoms with Crippen LogP contribution < -0.4 is 5.32 Å². The second-order valence-corrected chi connectivity index (χ2v) is 9.06. The van der Waals surface area contributed by atoms with Gasteiger partial charge in [0, 0.05) is 30.6 Å². The molecule has 1 unspecified atom stereocenters. The fourth-order valence-corrected chi connectivity index (χ4v) is 4.98. The molecular weight excluding hydrogens is 424 g/mol. The number of rotatable bonds is 5. The van der Waals surface area contributed by atoms with E-state index in [1.54, 1.807) is 6.92 Å². The molecule has 0 aromatic heterocycles. The highest BCUT2D eigenvalue weighted by molar-refractivity contribution is 7.89. The largest absolute Gasteiger partial charge is 0.349 e. The molecule has 1 N–H and O–H groups in total. The Hall–Kier alpha value is -2.46. The van der Waals surface area contributed by atoms with E-state index in [0.29, 0.717) is 6.07 Å². The molecule has 2 aromatic carbocycles. The lowest BCUT2D eigenvalue weighted by molar-refractivity contribution is -0.126. The number of hydrogen-bond donors (Lipinski definition) is 1. The SMILES string of the molecule is CC(NC(=O)C1CCN(S(=O)(=O)c2cc(F)ccc2F)CC1)c1ccc(F)cc1F. The zero-order valence-electron chi connectivity index (χ0n) is 16.0. The van der Waals surface area contributed by atoms with Gasteiger partial charge in [0.1, 0.15) is 28.2 Å². The molecule has 0 saturated carbocycles. The van der Waals surface area contributed by atoms with Crippen molar-refractivity contribution in [1.29, 1.82) is 0 Å². The highest BCUT2D eigenvalue weighted by Gasteiger charge is 2.34. The number of carbonyl (C=O) groups excluding carboxylic acids is 1. The van der Waals surface area contributed by atoms with Crippen molar-refractivity contribution in [3.05, 3.63) is 65.2 Å². The van der Waals surface area contributed by atoms with Gasteiger partial charge in [-0.3, -0.25) is 4.79 Å². The van der Waals surface area contributed by atoms with Crippen molar-refractivity contribution in [3.8, 4) is 0 Å². The number of benzene rings is 2. The molecule has 1 amide bonds. The van der Waals surface area contributed by atoms with Crippen molar-refractivity contribution in [1.82, 2.24) is 9.62 Å². The average Bonchev–Trinajstić information content (AvgIpc) is 2.69. The van der Waals surface area contributed by atoms with Crippen LogP contribution >= 0.6 is 0 Å². The molecule has 0 aliphatic carbocycles. The molecule has 1 heterocycles. The van der Waals surface area contributed by atoms with Crippen LogP contribution in [0.3, 0.4) is 0 Å². The molecule has 0 spiro atoms. The number of carbonyl (C=O) groups is 1. The van der Waals surface area contributed by atoms with E-state index in [1.807, 2.05) is 0 Å². The van der Waals surface area contributed by atoms with E-state index in [2.05, 4.69) is 5.32 Å². The number of halogens is 4. The molecule has 10 heteroatoms. The van der Waals surface area contributed by atoms with Gasteiger partial charge >= 0.3 is 0 Å². The van der Waals surface area contributed by atoms with E-state index in [9.17, 15) is 30.8 Å². The van der Waals surface area contributed by atoms with Crippen LogP contribution in [-0.2, 0) is 14.8 Å². The van der Waals surface area contributed by atoms with Gasteiger partial charge in [0.2, 0.25) is 15.9 Å². The molecule has 1 saturated heterocycles. The third-order valence-corrected chi connectivity index (χ3v) is 7.04. The maximum Gasteiger partial charge on any atom is 0.246 e. The number of piperidine rings is 1. The number of amides is 1. The smallest absolute Gasteiger partial charge is 0.246 e. The lowest BCUT2D eigenvalue weighted by Gasteiger charge is -2.31. The van der Waals surface area contributed by atoms with Gasteiger partial charge < -0.3 is 5.32 Å². The fourth-order valence-electron chi connectivity index (χ4n) is 3.43. The van der Waals surface area contributed by atoms with Gasteiger partial charge in [-0.25, -0.2) is 26.0 Å². The Balaban J connectivity index is 1.63. The zero-order chi connectivity index (χ0) is 22.1. The predicted molar refractivity (Wildman–Crippen MR) is 101 cm³/mol. The molecule has 162 valence electrons. The summed E-state index contributed by atoms with van der Waals surface area (Å²) >= 11 is 0. The maximum atomic E-state index is 13.9. The number of hydrogen-bond acceptors (Lipinski definition) is 3. The van der Waals surface area contributed by atoms with E-state index < -0.39 is 50.1 Å². The van der Waals surface area contributed by atoms with Gasteiger partial charge in [-0.05, 0) is 44.0 Å². The van der Waals surface area contributed by atoms with E-state index in [1.165, 1.54) is 6.07 Å². The van der Waals surface area contributed by atoms with Crippen molar-refractivity contribution in [2.45, 2.75) is 30.7 Å². The van der Waals surface area contributed by atoms with Gasteiger partial charge in [0.15, 0.2) is 0 Å². The van der Waals surface area contributed by atoms with Crippen LogP contribution in [0.5, 0.6) is 0 Å². The molecule has 0 radical (unpaired) electrons. The highest BCUT2D eigenvalue weighted by Crippen LogP contribution is 2.27. The Kier molecular flexibility index (Phi) is 6.47. The Labute approximate surface area is 171 Å². The van der Waals surface area contributed by atoms with E-state index in [-0.39, 0.29) is 37.4 Å². The zero-order valence-corrected chi connectivity index (χ0v) is 16.9. The topological polar surface area (TPSA) is 66.5 Å². The van der Waals surface area contributed by atoms with Crippen molar-refractivity contribution in [2.75, 3.05) is 13.1 Å². The Bertz CT molecular complexity index is 1050. The Morgan fingerprint density at radius 1 is 1.00 bits per heavy atom. The predicted octanol–water partition coefficient (Wildman–Crippen LogP) is 3.52. The molecule has 2 aromatic rings. The van der Waals surface area contributed by atoms with Crippen molar-refractivity contribution in [2.24, 2.45) is 5.92 Å². The van der Waals surface area contributed by atoms with Crippen LogP contribution in [0.4, 0.5) is 17.6 Å². The Morgan fingerprint density at radius 2 is 1.60 bits per heavy atom. The van der Waals surface area contributed by atoms with Crippen LogP contribution in [0.25, 0.3) is 0 Å². The monoisotopic (exact) mass is 444 g/mol. The normalized spacial score (nSPS) is 17.0. The number of nitrogens with zero attached hydrogens (tertiary/aromatic N) is 1. The van der Waals surface area contributed by atoms with Gasteiger partial charge in [0.25, 0.3) is 0 Å². The molecule has 5 nitrogen and oxygen atoms in total. The first-order valence-electron chi connectivity index (χ1n) is 9.30. The summed E-state index contributed by atoms with van der Waals surface area (Å²) in [4.78, 5) is 11.8. The molecule has 3 rings (SSSR count). The van der Waals surface area contributed by atoms with Crippen molar-refractivity contribution in [3.63, 3.8) is 0 Å². The summed E-state index contributed by atoms with van der Waals surface area (Å²) in [6.45, 7) is 1.46. The fraction of sp³-hybridized carbons (Fsp3) is 0.350.